The van der Waals surface area contributed by atoms with Gasteiger partial charge in [0.2, 0.25) is 16.0 Å². The van der Waals surface area contributed by atoms with Gasteiger partial charge in [-0.2, -0.15) is 13.8 Å². The van der Waals surface area contributed by atoms with Gasteiger partial charge in [-0.05, 0) is 43.2 Å². The van der Waals surface area contributed by atoms with Crippen molar-refractivity contribution in [3.63, 3.8) is 0 Å². The zero-order chi connectivity index (χ0) is 30.9. The molecule has 2 aliphatic heterocycles. The summed E-state index contributed by atoms with van der Waals surface area (Å²) in [5, 5.41) is 5.96. The zero-order valence-electron chi connectivity index (χ0n) is 23.8. The van der Waals surface area contributed by atoms with Crippen LogP contribution in [0.5, 0.6) is 5.75 Å². The quantitative estimate of drug-likeness (QED) is 0.411. The van der Waals surface area contributed by atoms with Gasteiger partial charge in [-0.1, -0.05) is 18.2 Å². The number of piperidine rings is 1. The molecule has 0 spiro atoms. The number of halogens is 2. The molecule has 0 atom stereocenters. The summed E-state index contributed by atoms with van der Waals surface area (Å²) in [6, 6.07) is 13.0. The Labute approximate surface area is 247 Å². The fraction of sp³-hybridized carbons (Fsp3) is 0.357. The summed E-state index contributed by atoms with van der Waals surface area (Å²) < 4.78 is 60.2. The molecule has 2 amide bonds. The van der Waals surface area contributed by atoms with Crippen LogP contribution in [-0.4, -0.2) is 86.5 Å². The standard InChI is InChI=1S/C28H31F2N7O5S/c1-35-22-16-31-27(34-24(22)37(17-28(29,30)26(35)39)20-7-5-4-6-8-20)33-21-10-9-18(15-23(21)42-2)25(38)32-19-11-13-36(14-12-19)43(3,40)41/h4-10,15-16,19H,11-14,17H2,1-3H3,(H,32,38)(H,31,33,34). The number of amides is 2. The fourth-order valence-corrected chi connectivity index (χ4v) is 5.91. The van der Waals surface area contributed by atoms with E-state index in [1.54, 1.807) is 42.5 Å². The highest BCUT2D eigenvalue weighted by Gasteiger charge is 2.47. The summed E-state index contributed by atoms with van der Waals surface area (Å²) in [6.45, 7) is -0.246. The van der Waals surface area contributed by atoms with Gasteiger partial charge >= 0.3 is 5.92 Å². The molecule has 2 aromatic carbocycles. The highest BCUT2D eigenvalue weighted by molar-refractivity contribution is 7.88. The Hall–Kier alpha value is -4.37. The van der Waals surface area contributed by atoms with Crippen molar-refractivity contribution in [2.45, 2.75) is 24.8 Å². The predicted octanol–water partition coefficient (Wildman–Crippen LogP) is 3.13. The molecule has 1 fully saturated rings. The van der Waals surface area contributed by atoms with Crippen molar-refractivity contribution in [2.75, 3.05) is 55.2 Å². The SMILES string of the molecule is COc1cc(C(=O)NC2CCN(S(C)(=O)=O)CC2)ccc1Nc1ncc2c(n1)N(c1ccccc1)CC(F)(F)C(=O)N2C. The summed E-state index contributed by atoms with van der Waals surface area (Å²) in [4.78, 5) is 36.4. The lowest BCUT2D eigenvalue weighted by Gasteiger charge is -2.30. The number of sulfonamides is 1. The number of fused-ring (bicyclic) bond motifs is 1. The molecule has 0 bridgehead atoms. The van der Waals surface area contributed by atoms with Gasteiger partial charge in [-0.25, -0.2) is 17.7 Å². The molecule has 3 heterocycles. The third-order valence-corrected chi connectivity index (χ3v) is 8.68. The molecule has 0 aliphatic carbocycles. The zero-order valence-corrected chi connectivity index (χ0v) is 24.6. The molecule has 228 valence electrons. The van der Waals surface area contributed by atoms with Crippen LogP contribution in [0.1, 0.15) is 23.2 Å². The van der Waals surface area contributed by atoms with Crippen LogP contribution >= 0.6 is 0 Å². The first-order valence-corrected chi connectivity index (χ1v) is 15.3. The number of anilines is 5. The van der Waals surface area contributed by atoms with Crippen LogP contribution in [0.2, 0.25) is 0 Å². The van der Waals surface area contributed by atoms with Crippen molar-refractivity contribution in [3.8, 4) is 5.75 Å². The Morgan fingerprint density at radius 2 is 1.81 bits per heavy atom. The lowest BCUT2D eigenvalue weighted by atomic mass is 10.1. The number of nitrogens with zero attached hydrogens (tertiary/aromatic N) is 5. The number of aromatic nitrogens is 2. The van der Waals surface area contributed by atoms with Gasteiger partial charge in [-0.3, -0.25) is 9.59 Å². The van der Waals surface area contributed by atoms with Crippen LogP contribution in [0.25, 0.3) is 0 Å². The number of hydrogen-bond donors (Lipinski definition) is 2. The summed E-state index contributed by atoms with van der Waals surface area (Å²) in [5.74, 6) is -4.92. The van der Waals surface area contributed by atoms with Gasteiger partial charge in [0.05, 0.1) is 31.8 Å². The number of carbonyl (C=O) groups is 2. The Balaban J connectivity index is 1.37. The Kier molecular flexibility index (Phi) is 8.21. The van der Waals surface area contributed by atoms with Crippen molar-refractivity contribution in [3.05, 3.63) is 60.3 Å². The van der Waals surface area contributed by atoms with Crippen molar-refractivity contribution in [1.82, 2.24) is 19.6 Å². The van der Waals surface area contributed by atoms with Crippen LogP contribution < -0.4 is 25.2 Å². The van der Waals surface area contributed by atoms with Gasteiger partial charge in [0, 0.05) is 37.4 Å². The monoisotopic (exact) mass is 615 g/mol. The summed E-state index contributed by atoms with van der Waals surface area (Å²) in [6.07, 6.45) is 3.46. The minimum atomic E-state index is -3.68. The molecule has 15 heteroatoms. The number of carbonyl (C=O) groups excluding carboxylic acids is 2. The molecule has 3 aromatic rings. The van der Waals surface area contributed by atoms with Crippen LogP contribution in [0.3, 0.4) is 0 Å². The van der Waals surface area contributed by atoms with Gasteiger partial charge in [0.25, 0.3) is 11.8 Å². The van der Waals surface area contributed by atoms with Gasteiger partial charge in [0.1, 0.15) is 11.4 Å². The molecule has 2 N–H and O–H groups in total. The average Bonchev–Trinajstić information content (AvgIpc) is 3.06. The topological polar surface area (TPSA) is 137 Å². The Bertz CT molecular complexity index is 1630. The molecule has 12 nitrogen and oxygen atoms in total. The number of nitrogens with one attached hydrogen (secondary N) is 2. The van der Waals surface area contributed by atoms with Crippen LogP contribution in [0.4, 0.5) is 37.6 Å². The lowest BCUT2D eigenvalue weighted by Crippen LogP contribution is -2.46. The van der Waals surface area contributed by atoms with E-state index in [1.807, 2.05) is 0 Å². The molecule has 1 aromatic heterocycles. The normalized spacial score (nSPS) is 17.7. The largest absolute Gasteiger partial charge is 0.495 e. The third kappa shape index (κ3) is 6.37. The summed E-state index contributed by atoms with van der Waals surface area (Å²) in [5.41, 5.74) is 1.27. The average molecular weight is 616 g/mol. The maximum atomic E-state index is 14.9. The Morgan fingerprint density at radius 3 is 2.47 bits per heavy atom. The number of rotatable bonds is 7. The third-order valence-electron chi connectivity index (χ3n) is 7.38. The number of ether oxygens (including phenoxy) is 1. The number of para-hydroxylation sites is 1. The molecule has 43 heavy (non-hydrogen) atoms. The second kappa shape index (κ2) is 11.7. The van der Waals surface area contributed by atoms with E-state index in [1.165, 1.54) is 41.9 Å². The van der Waals surface area contributed by atoms with Gasteiger partial charge < -0.3 is 25.2 Å². The molecule has 0 unspecified atom stereocenters. The van der Waals surface area contributed by atoms with Crippen LogP contribution in [0, 0.1) is 0 Å². The van der Waals surface area contributed by atoms with E-state index in [9.17, 15) is 26.8 Å². The highest BCUT2D eigenvalue weighted by Crippen LogP contribution is 2.40. The maximum absolute atomic E-state index is 14.9. The molecule has 5 rings (SSSR count). The van der Waals surface area contributed by atoms with E-state index in [0.29, 0.717) is 48.6 Å². The van der Waals surface area contributed by atoms with Crippen molar-refractivity contribution in [1.29, 1.82) is 0 Å². The molecular weight excluding hydrogens is 584 g/mol. The second-order valence-electron chi connectivity index (χ2n) is 10.3. The highest BCUT2D eigenvalue weighted by atomic mass is 32.2. The van der Waals surface area contributed by atoms with Crippen molar-refractivity contribution in [2.24, 2.45) is 0 Å². The van der Waals surface area contributed by atoms with E-state index in [-0.39, 0.29) is 29.4 Å². The van der Waals surface area contributed by atoms with Crippen molar-refractivity contribution >= 4 is 50.7 Å². The minimum Gasteiger partial charge on any atom is -0.495 e. The Morgan fingerprint density at radius 1 is 1.12 bits per heavy atom. The first-order chi connectivity index (χ1) is 20.4. The first-order valence-electron chi connectivity index (χ1n) is 13.4. The predicted molar refractivity (Wildman–Crippen MR) is 157 cm³/mol. The van der Waals surface area contributed by atoms with E-state index in [2.05, 4.69) is 20.6 Å². The number of alkyl halides is 2. The van der Waals surface area contributed by atoms with Gasteiger partial charge in [-0.15, -0.1) is 0 Å². The van der Waals surface area contributed by atoms with Crippen LogP contribution in [-0.2, 0) is 14.8 Å². The molecule has 0 radical (unpaired) electrons. The minimum absolute atomic E-state index is 0.0545. The van der Waals surface area contributed by atoms with E-state index >= 15 is 0 Å². The second-order valence-corrected chi connectivity index (χ2v) is 12.3. The smallest absolute Gasteiger partial charge is 0.342 e. The van der Waals surface area contributed by atoms with Gasteiger partial charge in [0.15, 0.2) is 5.82 Å². The molecule has 0 saturated carbocycles. The van der Waals surface area contributed by atoms with Crippen molar-refractivity contribution < 1.29 is 31.5 Å². The lowest BCUT2D eigenvalue weighted by molar-refractivity contribution is -0.140. The fourth-order valence-electron chi connectivity index (χ4n) is 5.04. The number of hydrogen-bond acceptors (Lipinski definition) is 9. The molecule has 1 saturated heterocycles. The number of methoxy groups -OCH3 is 1. The summed E-state index contributed by atoms with van der Waals surface area (Å²) in [7, 11) is -0.587. The maximum Gasteiger partial charge on any atom is 0.342 e. The van der Waals surface area contributed by atoms with Crippen LogP contribution in [0.15, 0.2) is 54.7 Å². The molecular formula is C28H31F2N7O5S. The summed E-state index contributed by atoms with van der Waals surface area (Å²) >= 11 is 0. The van der Waals surface area contributed by atoms with E-state index < -0.39 is 28.4 Å². The molecule has 2 aliphatic rings. The van der Waals surface area contributed by atoms with E-state index in [0.717, 1.165) is 4.90 Å². The number of benzene rings is 2. The first kappa shape index (κ1) is 30.1. The van der Waals surface area contributed by atoms with E-state index in [4.69, 9.17) is 4.74 Å².